The lowest BCUT2D eigenvalue weighted by Gasteiger charge is -2.42. The van der Waals surface area contributed by atoms with Crippen LogP contribution >= 0.6 is 0 Å². The number of nitrogens with one attached hydrogen (secondary N) is 9. The number of ether oxygens (including phenoxy) is 6. The largest absolute Gasteiger partial charge is 0.508 e. The molecule has 3 aliphatic heterocycles. The van der Waals surface area contributed by atoms with Gasteiger partial charge in [0.25, 0.3) is 5.91 Å². The molecule has 0 aliphatic carbocycles. The number of hydrogen-bond donors (Lipinski definition) is 21. The maximum Gasteiger partial charge on any atom is 0.279 e. The average molecular weight is 1480 g/mol. The zero-order chi connectivity index (χ0) is 76.1. The molecule has 3 heterocycles. The number of primary amides is 1. The van der Waals surface area contributed by atoms with Gasteiger partial charge in [0.15, 0.2) is 24.9 Å². The SMILES string of the molecule is CC(=O)NC1C(OCCCCCCNC(=O)C(CCC(N)=O)NC(=O)CCC(NC(=O)CCC(NC(=O)C([NH3+])Cc2ccc(O)cc2)C(=O)NCCCCCCOC2OC(CO)C(O)C(O)C2NC(C)=O)C(=O)NCCCCCCOC2OC(CO)C(O)C(O)C2NC(C)=O)OC(CO)C(O)C1O. The molecule has 0 saturated carbocycles. The van der Waals surface area contributed by atoms with E-state index in [0.717, 1.165) is 0 Å². The summed E-state index contributed by atoms with van der Waals surface area (Å²) in [4.78, 5) is 130. The summed E-state index contributed by atoms with van der Waals surface area (Å²) in [6, 6.07) is -2.13. The lowest BCUT2D eigenvalue weighted by Crippen LogP contribution is -2.69. The Morgan fingerprint density at radius 3 is 1.07 bits per heavy atom. The number of carbonyl (C=O) groups is 10. The second-order valence-corrected chi connectivity index (χ2v) is 26.0. The summed E-state index contributed by atoms with van der Waals surface area (Å²) in [5.74, 6) is -6.38. The Morgan fingerprint density at radius 2 is 0.757 bits per heavy atom. The Hall–Kier alpha value is -6.92. The number of quaternary nitrogens is 1. The number of carbonyl (C=O) groups excluding carboxylic acids is 10. The molecule has 10 amide bonds. The van der Waals surface area contributed by atoms with Crippen molar-refractivity contribution >= 4 is 59.1 Å². The highest BCUT2D eigenvalue weighted by atomic mass is 16.7. The van der Waals surface area contributed by atoms with E-state index in [1.807, 2.05) is 0 Å². The molecular weight excluding hydrogens is 1360 g/mol. The van der Waals surface area contributed by atoms with Crippen molar-refractivity contribution < 1.29 is 133 Å². The number of hydrogen-bond acceptors (Lipinski definition) is 26. The van der Waals surface area contributed by atoms with Crippen molar-refractivity contribution in [2.24, 2.45) is 5.73 Å². The molecule has 19 unspecified atom stereocenters. The van der Waals surface area contributed by atoms with Crippen molar-refractivity contribution in [1.82, 2.24) is 47.9 Å². The molecule has 0 aromatic heterocycles. The van der Waals surface area contributed by atoms with E-state index in [4.69, 9.17) is 34.2 Å². The smallest absolute Gasteiger partial charge is 0.279 e. The molecule has 37 nitrogen and oxygen atoms in total. The van der Waals surface area contributed by atoms with Crippen molar-refractivity contribution in [2.75, 3.05) is 59.3 Å². The third kappa shape index (κ3) is 31.7. The Morgan fingerprint density at radius 1 is 0.447 bits per heavy atom. The summed E-state index contributed by atoms with van der Waals surface area (Å²) in [5, 5.41) is 125. The van der Waals surface area contributed by atoms with E-state index < -0.39 is 208 Å². The maximum atomic E-state index is 14.0. The van der Waals surface area contributed by atoms with Gasteiger partial charge >= 0.3 is 0 Å². The number of phenolic OH excluding ortho intramolecular Hbond substituents is 1. The van der Waals surface area contributed by atoms with Gasteiger partial charge in [-0.25, -0.2) is 0 Å². The van der Waals surface area contributed by atoms with Crippen LogP contribution in [0.25, 0.3) is 0 Å². The molecule has 37 heteroatoms. The van der Waals surface area contributed by atoms with Crippen molar-refractivity contribution in [2.45, 2.75) is 259 Å². The summed E-state index contributed by atoms with van der Waals surface area (Å²) in [6.07, 6.45) is -11.6. The molecule has 0 radical (unpaired) electrons. The lowest BCUT2D eigenvalue weighted by atomic mass is 9.97. The Bertz CT molecular complexity index is 2780. The first-order valence-electron chi connectivity index (χ1n) is 35.2. The average Bonchev–Trinajstić information content (AvgIpc) is 0.820. The van der Waals surface area contributed by atoms with Gasteiger partial charge in [0, 0.05) is 85.9 Å². The van der Waals surface area contributed by atoms with Crippen LogP contribution in [-0.2, 0) is 82.8 Å². The molecule has 4 rings (SSSR count). The van der Waals surface area contributed by atoms with Crippen molar-refractivity contribution in [1.29, 1.82) is 0 Å². The summed E-state index contributed by atoms with van der Waals surface area (Å²) in [6.45, 7) is 2.49. The Kier molecular flexibility index (Phi) is 40.8. The van der Waals surface area contributed by atoms with E-state index in [0.29, 0.717) is 82.6 Å². The number of unbranched alkanes of at least 4 members (excludes halogenated alkanes) is 9. The molecule has 0 spiro atoms. The molecule has 103 heavy (non-hydrogen) atoms. The zero-order valence-electron chi connectivity index (χ0n) is 58.9. The third-order valence-corrected chi connectivity index (χ3v) is 17.4. The number of nitrogens with two attached hydrogens (primary N) is 1. The van der Waals surface area contributed by atoms with Crippen LogP contribution in [0.4, 0.5) is 0 Å². The van der Waals surface area contributed by atoms with Crippen LogP contribution in [0.2, 0.25) is 0 Å². The minimum Gasteiger partial charge on any atom is -0.508 e. The highest BCUT2D eigenvalue weighted by Crippen LogP contribution is 2.26. The van der Waals surface area contributed by atoms with Gasteiger partial charge in [0.1, 0.15) is 96.9 Å². The Balaban J connectivity index is 1.38. The minimum atomic E-state index is -1.49. The molecule has 19 atom stereocenters. The number of aliphatic hydroxyl groups is 9. The van der Waals surface area contributed by atoms with E-state index in [2.05, 4.69) is 53.6 Å². The topological polar surface area (TPSA) is 590 Å². The molecule has 1 aromatic rings. The van der Waals surface area contributed by atoms with Gasteiger partial charge < -0.3 is 139 Å². The standard InChI is InChI=1S/C66H111N11O26/c1-36(81)72-51-57(91)54(88)45(33-78)101-64(51)98-29-13-7-4-10-26-69-61(95)42(20-23-48(68)85)75-49(86)24-21-43(62(96)70-27-11-5-8-14-30-99-65-52(73-37(2)82)58(92)55(89)46(34-79)102-65)76-50(87)25-22-44(77-60(94)41(67)32-39-16-18-40(84)19-17-39)63(97)71-28-12-6-9-15-31-100-66-53(74-38(3)83)59(93)56(90)47(35-80)103-66/h16-19,41-47,51-59,64-66,78-80,84,88-93H,4-15,20-35,67H2,1-3H3,(H2,68,85)(H,69,95)(H,70,96)(H,71,97)(H,72,81)(H,73,82)(H,74,83)(H,75,86)(H,76,87)(H,77,94)/p+1. The van der Waals surface area contributed by atoms with Crippen LogP contribution in [0.5, 0.6) is 5.75 Å². The first-order chi connectivity index (χ1) is 49.1. The third-order valence-electron chi connectivity index (χ3n) is 17.4. The molecule has 3 fully saturated rings. The second kappa shape index (κ2) is 47.5. The lowest BCUT2D eigenvalue weighted by molar-refractivity contribution is -0.403. The predicted molar refractivity (Wildman–Crippen MR) is 360 cm³/mol. The number of aliphatic hydroxyl groups excluding tert-OH is 9. The highest BCUT2D eigenvalue weighted by molar-refractivity contribution is 5.92. The van der Waals surface area contributed by atoms with Gasteiger partial charge in [-0.05, 0) is 75.5 Å². The van der Waals surface area contributed by atoms with Crippen LogP contribution in [0, 0.1) is 0 Å². The van der Waals surface area contributed by atoms with E-state index in [1.165, 1.54) is 32.9 Å². The van der Waals surface area contributed by atoms with Gasteiger partial charge in [0.05, 0.1) is 19.8 Å². The number of amides is 10. The number of benzene rings is 1. The number of rotatable bonds is 48. The fourth-order valence-electron chi connectivity index (χ4n) is 11.7. The van der Waals surface area contributed by atoms with Gasteiger partial charge in [-0.1, -0.05) is 50.7 Å². The summed E-state index contributed by atoms with van der Waals surface area (Å²) in [5.41, 5.74) is 10.0. The quantitative estimate of drug-likeness (QED) is 0.0270. The van der Waals surface area contributed by atoms with Crippen LogP contribution < -0.4 is 59.3 Å². The van der Waals surface area contributed by atoms with Gasteiger partial charge in [-0.15, -0.1) is 0 Å². The number of phenols is 1. The van der Waals surface area contributed by atoms with Gasteiger partial charge in [0.2, 0.25) is 53.2 Å². The van der Waals surface area contributed by atoms with Crippen LogP contribution in [0.3, 0.4) is 0 Å². The molecule has 586 valence electrons. The first kappa shape index (κ1) is 88.5. The second-order valence-electron chi connectivity index (χ2n) is 26.0. The van der Waals surface area contributed by atoms with E-state index in [9.17, 15) is 99.0 Å². The summed E-state index contributed by atoms with van der Waals surface area (Å²) in [7, 11) is 0. The zero-order valence-corrected chi connectivity index (χ0v) is 58.9. The number of aromatic hydroxyl groups is 1. The normalized spacial score (nSPS) is 25.9. The van der Waals surface area contributed by atoms with Gasteiger partial charge in [-0.3, -0.25) is 47.9 Å². The van der Waals surface area contributed by atoms with Crippen molar-refractivity contribution in [3.63, 3.8) is 0 Å². The first-order valence-corrected chi connectivity index (χ1v) is 35.2. The monoisotopic (exact) mass is 1470 g/mol. The summed E-state index contributed by atoms with van der Waals surface area (Å²) < 4.78 is 34.1. The van der Waals surface area contributed by atoms with E-state index in [1.54, 1.807) is 12.1 Å². The van der Waals surface area contributed by atoms with Crippen molar-refractivity contribution in [3.8, 4) is 5.75 Å². The molecule has 1 aromatic carbocycles. The fraction of sp³-hybridized carbons (Fsp3) is 0.758. The molecule has 3 saturated heterocycles. The molecular formula is C66H112N11O26+. The van der Waals surface area contributed by atoms with Crippen LogP contribution in [-0.4, -0.2) is 286 Å². The fourth-order valence-corrected chi connectivity index (χ4v) is 11.7. The van der Waals surface area contributed by atoms with Gasteiger partial charge in [-0.2, -0.15) is 0 Å². The minimum absolute atomic E-state index is 0.00358. The van der Waals surface area contributed by atoms with Crippen LogP contribution in [0.15, 0.2) is 24.3 Å². The van der Waals surface area contributed by atoms with E-state index >= 15 is 0 Å². The van der Waals surface area contributed by atoms with Crippen molar-refractivity contribution in [3.05, 3.63) is 29.8 Å². The molecule has 24 N–H and O–H groups in total. The molecule has 3 aliphatic rings. The Labute approximate surface area is 597 Å². The van der Waals surface area contributed by atoms with E-state index in [-0.39, 0.29) is 77.3 Å². The highest BCUT2D eigenvalue weighted by Gasteiger charge is 2.48. The predicted octanol–water partition coefficient (Wildman–Crippen LogP) is -7.26. The molecule has 0 bridgehead atoms. The summed E-state index contributed by atoms with van der Waals surface area (Å²) >= 11 is 0. The maximum absolute atomic E-state index is 14.0. The van der Waals surface area contributed by atoms with Crippen LogP contribution in [0.1, 0.15) is 142 Å².